The summed E-state index contributed by atoms with van der Waals surface area (Å²) >= 11 is 0. The van der Waals surface area contributed by atoms with Crippen LogP contribution in [0, 0.1) is 5.92 Å². The lowest BCUT2D eigenvalue weighted by atomic mass is 10.0. The second-order valence-electron chi connectivity index (χ2n) is 6.06. The number of aliphatic hydroxyl groups is 1. The molecule has 0 bridgehead atoms. The van der Waals surface area contributed by atoms with Crippen LogP contribution < -0.4 is 10.6 Å². The maximum atomic E-state index is 12.0. The SMILES string of the molecule is CC(C)NC(=O)c1ccc(C(=O)NCCC(O)C(C)C)cc1. The standard InChI is InChI=1S/C17H26N2O3/c1-11(2)15(20)9-10-18-16(21)13-5-7-14(8-6-13)17(22)19-12(3)4/h5-8,11-12,15,20H,9-10H2,1-4H3,(H,18,21)(H,19,22). The Hall–Kier alpha value is -1.88. The first kappa shape index (κ1) is 18.2. The number of carbonyl (C=O) groups excluding carboxylic acids is 2. The molecule has 0 saturated carbocycles. The molecule has 1 atom stereocenters. The Morgan fingerprint density at radius 3 is 1.95 bits per heavy atom. The van der Waals surface area contributed by atoms with Crippen LogP contribution >= 0.6 is 0 Å². The summed E-state index contributed by atoms with van der Waals surface area (Å²) in [5.74, 6) is -0.176. The molecule has 0 aromatic heterocycles. The van der Waals surface area contributed by atoms with E-state index in [0.29, 0.717) is 24.1 Å². The molecule has 122 valence electrons. The first-order valence-electron chi connectivity index (χ1n) is 7.68. The maximum absolute atomic E-state index is 12.0. The molecule has 1 unspecified atom stereocenters. The lowest BCUT2D eigenvalue weighted by Crippen LogP contribution is -2.30. The van der Waals surface area contributed by atoms with Crippen molar-refractivity contribution in [1.29, 1.82) is 0 Å². The number of carbonyl (C=O) groups is 2. The van der Waals surface area contributed by atoms with Crippen LogP contribution in [0.15, 0.2) is 24.3 Å². The van der Waals surface area contributed by atoms with Gasteiger partial charge < -0.3 is 15.7 Å². The van der Waals surface area contributed by atoms with Gasteiger partial charge in [-0.2, -0.15) is 0 Å². The van der Waals surface area contributed by atoms with Gasteiger partial charge in [-0.25, -0.2) is 0 Å². The Labute approximate surface area is 132 Å². The van der Waals surface area contributed by atoms with Crippen LogP contribution in [0.3, 0.4) is 0 Å². The van der Waals surface area contributed by atoms with Crippen molar-refractivity contribution >= 4 is 11.8 Å². The quantitative estimate of drug-likeness (QED) is 0.720. The zero-order valence-corrected chi connectivity index (χ0v) is 13.7. The molecule has 0 fully saturated rings. The van der Waals surface area contributed by atoms with Crippen molar-refractivity contribution < 1.29 is 14.7 Å². The average molecular weight is 306 g/mol. The fourth-order valence-corrected chi connectivity index (χ4v) is 1.89. The van der Waals surface area contributed by atoms with Gasteiger partial charge in [0.15, 0.2) is 0 Å². The van der Waals surface area contributed by atoms with Crippen molar-refractivity contribution in [3.63, 3.8) is 0 Å². The fourth-order valence-electron chi connectivity index (χ4n) is 1.89. The highest BCUT2D eigenvalue weighted by atomic mass is 16.3. The van der Waals surface area contributed by atoms with E-state index in [1.54, 1.807) is 24.3 Å². The molecule has 1 aromatic carbocycles. The highest BCUT2D eigenvalue weighted by Gasteiger charge is 2.11. The number of nitrogens with one attached hydrogen (secondary N) is 2. The van der Waals surface area contributed by atoms with Gasteiger partial charge in [0.1, 0.15) is 0 Å². The number of benzene rings is 1. The lowest BCUT2D eigenvalue weighted by Gasteiger charge is -2.14. The molecule has 3 N–H and O–H groups in total. The largest absolute Gasteiger partial charge is 0.393 e. The van der Waals surface area contributed by atoms with Crippen LogP contribution in [0.25, 0.3) is 0 Å². The predicted molar refractivity (Wildman–Crippen MR) is 86.8 cm³/mol. The number of aliphatic hydroxyl groups excluding tert-OH is 1. The molecule has 0 aliphatic rings. The summed E-state index contributed by atoms with van der Waals surface area (Å²) < 4.78 is 0. The van der Waals surface area contributed by atoms with E-state index in [1.165, 1.54) is 0 Å². The molecule has 2 amide bonds. The second-order valence-corrected chi connectivity index (χ2v) is 6.06. The van der Waals surface area contributed by atoms with Crippen LogP contribution in [0.1, 0.15) is 54.8 Å². The van der Waals surface area contributed by atoms with E-state index in [9.17, 15) is 14.7 Å². The van der Waals surface area contributed by atoms with Gasteiger partial charge in [0.05, 0.1) is 6.10 Å². The second kappa shape index (κ2) is 8.54. The van der Waals surface area contributed by atoms with Gasteiger partial charge in [-0.05, 0) is 50.5 Å². The zero-order valence-electron chi connectivity index (χ0n) is 13.7. The van der Waals surface area contributed by atoms with E-state index >= 15 is 0 Å². The Morgan fingerprint density at radius 1 is 1.00 bits per heavy atom. The Bertz CT molecular complexity index is 495. The topological polar surface area (TPSA) is 78.4 Å². The van der Waals surface area contributed by atoms with E-state index in [-0.39, 0.29) is 23.8 Å². The molecule has 5 heteroatoms. The smallest absolute Gasteiger partial charge is 0.251 e. The molecule has 0 aliphatic heterocycles. The van der Waals surface area contributed by atoms with Gasteiger partial charge in [-0.1, -0.05) is 13.8 Å². The summed E-state index contributed by atoms with van der Waals surface area (Å²) in [5.41, 5.74) is 1.03. The summed E-state index contributed by atoms with van der Waals surface area (Å²) in [7, 11) is 0. The van der Waals surface area contributed by atoms with Crippen molar-refractivity contribution in [1.82, 2.24) is 10.6 Å². The van der Waals surface area contributed by atoms with Crippen molar-refractivity contribution in [3.05, 3.63) is 35.4 Å². The zero-order chi connectivity index (χ0) is 16.7. The molecule has 0 saturated heterocycles. The fraction of sp³-hybridized carbons (Fsp3) is 0.529. The van der Waals surface area contributed by atoms with E-state index in [1.807, 2.05) is 27.7 Å². The summed E-state index contributed by atoms with van der Waals surface area (Å²) in [5, 5.41) is 15.2. The van der Waals surface area contributed by atoms with Gasteiger partial charge in [0, 0.05) is 23.7 Å². The van der Waals surface area contributed by atoms with Crippen LogP contribution in [0.4, 0.5) is 0 Å². The van der Waals surface area contributed by atoms with Gasteiger partial charge in [0.2, 0.25) is 0 Å². The van der Waals surface area contributed by atoms with Crippen LogP contribution in [-0.2, 0) is 0 Å². The molecular formula is C17H26N2O3. The first-order chi connectivity index (χ1) is 10.3. The molecule has 0 aliphatic carbocycles. The van der Waals surface area contributed by atoms with Crippen molar-refractivity contribution in [3.8, 4) is 0 Å². The van der Waals surface area contributed by atoms with Crippen molar-refractivity contribution in [2.75, 3.05) is 6.54 Å². The summed E-state index contributed by atoms with van der Waals surface area (Å²) in [6.07, 6.45) is 0.112. The minimum absolute atomic E-state index is 0.0721. The maximum Gasteiger partial charge on any atom is 0.251 e. The predicted octanol–water partition coefficient (Wildman–Crippen LogP) is 1.96. The number of hydrogen-bond acceptors (Lipinski definition) is 3. The molecular weight excluding hydrogens is 280 g/mol. The number of hydrogen-bond donors (Lipinski definition) is 3. The monoisotopic (exact) mass is 306 g/mol. The highest BCUT2D eigenvalue weighted by Crippen LogP contribution is 2.07. The third-order valence-electron chi connectivity index (χ3n) is 3.32. The summed E-state index contributed by atoms with van der Waals surface area (Å²) in [6.45, 7) is 8.09. The van der Waals surface area contributed by atoms with Gasteiger partial charge in [0.25, 0.3) is 11.8 Å². The van der Waals surface area contributed by atoms with Gasteiger partial charge in [-0.15, -0.1) is 0 Å². The van der Waals surface area contributed by atoms with Crippen molar-refractivity contribution in [2.45, 2.75) is 46.3 Å². The molecule has 1 rings (SSSR count). The lowest BCUT2D eigenvalue weighted by molar-refractivity contribution is 0.0914. The van der Waals surface area contributed by atoms with E-state index in [2.05, 4.69) is 10.6 Å². The van der Waals surface area contributed by atoms with Crippen LogP contribution in [-0.4, -0.2) is 35.6 Å². The Kier molecular flexibility index (Phi) is 7.05. The summed E-state index contributed by atoms with van der Waals surface area (Å²) in [4.78, 5) is 23.8. The van der Waals surface area contributed by atoms with Crippen LogP contribution in [0.2, 0.25) is 0 Å². The molecule has 1 aromatic rings. The first-order valence-corrected chi connectivity index (χ1v) is 7.68. The van der Waals surface area contributed by atoms with Gasteiger partial charge >= 0.3 is 0 Å². The minimum Gasteiger partial charge on any atom is -0.393 e. The van der Waals surface area contributed by atoms with E-state index in [0.717, 1.165) is 0 Å². The van der Waals surface area contributed by atoms with Gasteiger partial charge in [-0.3, -0.25) is 9.59 Å². The van der Waals surface area contributed by atoms with Crippen molar-refractivity contribution in [2.24, 2.45) is 5.92 Å². The van der Waals surface area contributed by atoms with E-state index in [4.69, 9.17) is 0 Å². The molecule has 0 spiro atoms. The third-order valence-corrected chi connectivity index (χ3v) is 3.32. The Balaban J connectivity index is 2.52. The van der Waals surface area contributed by atoms with Crippen LogP contribution in [0.5, 0.6) is 0 Å². The minimum atomic E-state index is -0.414. The molecule has 22 heavy (non-hydrogen) atoms. The molecule has 0 heterocycles. The number of amides is 2. The van der Waals surface area contributed by atoms with E-state index < -0.39 is 6.10 Å². The third kappa shape index (κ3) is 5.85. The summed E-state index contributed by atoms with van der Waals surface area (Å²) in [6, 6.07) is 6.60. The molecule has 0 radical (unpaired) electrons. The average Bonchev–Trinajstić information content (AvgIpc) is 2.46. The number of rotatable bonds is 7. The Morgan fingerprint density at radius 2 is 1.50 bits per heavy atom. The molecule has 5 nitrogen and oxygen atoms in total. The highest BCUT2D eigenvalue weighted by molar-refractivity contribution is 5.97. The normalized spacial score (nSPS) is 12.3.